The van der Waals surface area contributed by atoms with E-state index in [0.717, 1.165) is 11.5 Å². The molecule has 0 saturated heterocycles. The first-order chi connectivity index (χ1) is 8.30. The smallest absolute Gasteiger partial charge is 0.148 e. The Labute approximate surface area is 108 Å². The summed E-state index contributed by atoms with van der Waals surface area (Å²) in [5, 5.41) is 2.97. The molecule has 0 amide bonds. The number of hydrogen-bond donors (Lipinski definition) is 1. The molecule has 0 aliphatic rings. The molecule has 0 aliphatic heterocycles. The first-order valence-electron chi connectivity index (χ1n) is 5.69. The van der Waals surface area contributed by atoms with E-state index in [9.17, 15) is 8.42 Å². The lowest BCUT2D eigenvalue weighted by molar-refractivity contribution is 0.337. The van der Waals surface area contributed by atoms with Crippen molar-refractivity contribution in [2.24, 2.45) is 0 Å². The summed E-state index contributed by atoms with van der Waals surface area (Å²) in [4.78, 5) is 10.5. The average molecular weight is 272 g/mol. The van der Waals surface area contributed by atoms with E-state index in [1.165, 1.54) is 6.26 Å². The van der Waals surface area contributed by atoms with Crippen LogP contribution in [0.4, 0.5) is 5.82 Å². The zero-order chi connectivity index (χ0) is 13.8. The fourth-order valence-electron chi connectivity index (χ4n) is 1.47. The molecular formula is C11H20N4O2S. The van der Waals surface area contributed by atoms with Gasteiger partial charge in [0.2, 0.25) is 0 Å². The largest absolute Gasteiger partial charge is 0.373 e. The van der Waals surface area contributed by atoms with Crippen molar-refractivity contribution < 1.29 is 8.42 Å². The third kappa shape index (κ3) is 5.42. The first kappa shape index (κ1) is 14.8. The molecule has 0 atom stereocenters. The molecular weight excluding hydrogens is 252 g/mol. The van der Waals surface area contributed by atoms with Gasteiger partial charge in [0.05, 0.1) is 12.3 Å². The molecule has 0 unspecified atom stereocenters. The fourth-order valence-corrected chi connectivity index (χ4v) is 2.11. The van der Waals surface area contributed by atoms with E-state index in [2.05, 4.69) is 15.3 Å². The van der Waals surface area contributed by atoms with Gasteiger partial charge in [-0.3, -0.25) is 4.90 Å². The minimum Gasteiger partial charge on any atom is -0.373 e. The standard InChI is InChI=1S/C11H20N4O2S/c1-9-7-10(12-2)14-11(13-9)8-15(3)5-6-18(4,16)17/h7H,5-6,8H2,1-4H3,(H,12,13,14). The van der Waals surface area contributed by atoms with E-state index in [4.69, 9.17) is 0 Å². The summed E-state index contributed by atoms with van der Waals surface area (Å²) in [6.07, 6.45) is 1.24. The minimum atomic E-state index is -2.93. The van der Waals surface area contributed by atoms with Crippen LogP contribution >= 0.6 is 0 Å². The van der Waals surface area contributed by atoms with Crippen molar-refractivity contribution in [3.8, 4) is 0 Å². The lowest BCUT2D eigenvalue weighted by atomic mass is 10.4. The Kier molecular flexibility index (Phi) is 5.03. The number of hydrogen-bond acceptors (Lipinski definition) is 6. The second kappa shape index (κ2) is 6.10. The van der Waals surface area contributed by atoms with Gasteiger partial charge in [0.15, 0.2) is 0 Å². The molecule has 0 radical (unpaired) electrons. The van der Waals surface area contributed by atoms with Crippen molar-refractivity contribution in [1.29, 1.82) is 0 Å². The molecule has 0 saturated carbocycles. The quantitative estimate of drug-likeness (QED) is 0.803. The Morgan fingerprint density at radius 2 is 2.06 bits per heavy atom. The van der Waals surface area contributed by atoms with E-state index in [1.54, 1.807) is 7.05 Å². The molecule has 1 heterocycles. The normalized spacial score (nSPS) is 11.8. The van der Waals surface area contributed by atoms with E-state index in [-0.39, 0.29) is 5.75 Å². The van der Waals surface area contributed by atoms with E-state index < -0.39 is 9.84 Å². The minimum absolute atomic E-state index is 0.147. The van der Waals surface area contributed by atoms with Gasteiger partial charge >= 0.3 is 0 Å². The van der Waals surface area contributed by atoms with Crippen LogP contribution in [0.2, 0.25) is 0 Å². The van der Waals surface area contributed by atoms with Crippen molar-refractivity contribution in [3.05, 3.63) is 17.6 Å². The van der Waals surface area contributed by atoms with Gasteiger partial charge in [-0.1, -0.05) is 0 Å². The monoisotopic (exact) mass is 272 g/mol. The molecule has 0 aromatic carbocycles. The van der Waals surface area contributed by atoms with Crippen molar-refractivity contribution in [1.82, 2.24) is 14.9 Å². The maximum absolute atomic E-state index is 11.1. The molecule has 1 rings (SSSR count). The van der Waals surface area contributed by atoms with Gasteiger partial charge in [0, 0.05) is 31.6 Å². The Hall–Kier alpha value is -1.21. The summed E-state index contributed by atoms with van der Waals surface area (Å²) in [5.41, 5.74) is 0.890. The lowest BCUT2D eigenvalue weighted by Crippen LogP contribution is -2.26. The third-order valence-electron chi connectivity index (χ3n) is 2.41. The highest BCUT2D eigenvalue weighted by Gasteiger charge is 2.08. The molecule has 6 nitrogen and oxygen atoms in total. The van der Waals surface area contributed by atoms with E-state index in [0.29, 0.717) is 18.9 Å². The highest BCUT2D eigenvalue weighted by molar-refractivity contribution is 7.90. The number of aromatic nitrogens is 2. The number of nitrogens with one attached hydrogen (secondary N) is 1. The SMILES string of the molecule is CNc1cc(C)nc(CN(C)CCS(C)(=O)=O)n1. The average Bonchev–Trinajstić information content (AvgIpc) is 2.24. The van der Waals surface area contributed by atoms with Crippen LogP contribution in [0.3, 0.4) is 0 Å². The zero-order valence-electron chi connectivity index (χ0n) is 11.3. The highest BCUT2D eigenvalue weighted by Crippen LogP contribution is 2.06. The second-order valence-corrected chi connectivity index (χ2v) is 6.69. The molecule has 0 fully saturated rings. The van der Waals surface area contributed by atoms with Crippen molar-refractivity contribution in [3.63, 3.8) is 0 Å². The van der Waals surface area contributed by atoms with Crippen LogP contribution in [0.25, 0.3) is 0 Å². The number of nitrogens with zero attached hydrogens (tertiary/aromatic N) is 3. The number of sulfone groups is 1. The third-order valence-corrected chi connectivity index (χ3v) is 3.34. The van der Waals surface area contributed by atoms with E-state index >= 15 is 0 Å². The van der Waals surface area contributed by atoms with Gasteiger partial charge in [-0.05, 0) is 14.0 Å². The molecule has 1 N–H and O–H groups in total. The van der Waals surface area contributed by atoms with Crippen LogP contribution < -0.4 is 5.32 Å². The molecule has 7 heteroatoms. The van der Waals surface area contributed by atoms with Crippen LogP contribution in [0.15, 0.2) is 6.07 Å². The van der Waals surface area contributed by atoms with Crippen LogP contribution in [-0.2, 0) is 16.4 Å². The van der Waals surface area contributed by atoms with Gasteiger partial charge < -0.3 is 5.32 Å². The molecule has 0 spiro atoms. The maximum atomic E-state index is 11.1. The van der Waals surface area contributed by atoms with Gasteiger partial charge in [-0.25, -0.2) is 18.4 Å². The van der Waals surface area contributed by atoms with Gasteiger partial charge in [0.1, 0.15) is 21.5 Å². The van der Waals surface area contributed by atoms with Crippen molar-refractivity contribution in [2.75, 3.05) is 38.0 Å². The molecule has 1 aromatic rings. The van der Waals surface area contributed by atoms with Gasteiger partial charge in [0.25, 0.3) is 0 Å². The van der Waals surface area contributed by atoms with Gasteiger partial charge in [-0.15, -0.1) is 0 Å². The molecule has 0 aliphatic carbocycles. The predicted octanol–water partition coefficient (Wildman–Crippen LogP) is 0.303. The number of anilines is 1. The summed E-state index contributed by atoms with van der Waals surface area (Å²) < 4.78 is 22.1. The van der Waals surface area contributed by atoms with Crippen LogP contribution in [0, 0.1) is 6.92 Å². The topological polar surface area (TPSA) is 75.2 Å². The maximum Gasteiger partial charge on any atom is 0.148 e. The molecule has 102 valence electrons. The van der Waals surface area contributed by atoms with Crippen LogP contribution in [0.5, 0.6) is 0 Å². The summed E-state index contributed by atoms with van der Waals surface area (Å²) in [6, 6.07) is 1.86. The molecule has 1 aromatic heterocycles. The number of rotatable bonds is 6. The van der Waals surface area contributed by atoms with Gasteiger partial charge in [-0.2, -0.15) is 0 Å². The highest BCUT2D eigenvalue weighted by atomic mass is 32.2. The Morgan fingerprint density at radius 3 is 2.61 bits per heavy atom. The summed E-state index contributed by atoms with van der Waals surface area (Å²) in [5.74, 6) is 1.61. The zero-order valence-corrected chi connectivity index (χ0v) is 12.1. The van der Waals surface area contributed by atoms with E-state index in [1.807, 2.05) is 24.9 Å². The molecule has 0 bridgehead atoms. The van der Waals surface area contributed by atoms with Crippen LogP contribution in [-0.4, -0.2) is 55.9 Å². The predicted molar refractivity (Wildman–Crippen MR) is 72.4 cm³/mol. The fraction of sp³-hybridized carbons (Fsp3) is 0.636. The van der Waals surface area contributed by atoms with Crippen LogP contribution in [0.1, 0.15) is 11.5 Å². The van der Waals surface area contributed by atoms with Crippen molar-refractivity contribution in [2.45, 2.75) is 13.5 Å². The molecule has 18 heavy (non-hydrogen) atoms. The Bertz CT molecular complexity index is 502. The number of aryl methyl sites for hydroxylation is 1. The summed E-state index contributed by atoms with van der Waals surface area (Å²) in [6.45, 7) is 2.92. The summed E-state index contributed by atoms with van der Waals surface area (Å²) in [7, 11) is 0.734. The lowest BCUT2D eigenvalue weighted by Gasteiger charge is -2.15. The Balaban J connectivity index is 2.64. The Morgan fingerprint density at radius 1 is 1.39 bits per heavy atom. The second-order valence-electron chi connectivity index (χ2n) is 4.43. The summed E-state index contributed by atoms with van der Waals surface area (Å²) >= 11 is 0. The first-order valence-corrected chi connectivity index (χ1v) is 7.75. The van der Waals surface area contributed by atoms with Crippen molar-refractivity contribution >= 4 is 15.7 Å².